The second-order valence-corrected chi connectivity index (χ2v) is 14.3. The lowest BCUT2D eigenvalue weighted by Crippen LogP contribution is -2.39. The third-order valence-electron chi connectivity index (χ3n) is 9.08. The molecule has 1 aliphatic carbocycles. The molecule has 1 N–H and O–H groups in total. The smallest absolute Gasteiger partial charge is 0.163 e. The first-order chi connectivity index (χ1) is 19.9. The van der Waals surface area contributed by atoms with Crippen molar-refractivity contribution < 1.29 is 9.47 Å². The van der Waals surface area contributed by atoms with Gasteiger partial charge in [0.2, 0.25) is 0 Å². The number of nitrogens with one attached hydrogen (secondary N) is 1. The number of fused-ring (bicyclic) bond motifs is 3. The molecule has 226 valence electrons. The predicted octanol–water partition coefficient (Wildman–Crippen LogP) is 7.07. The number of aromatic amines is 1. The van der Waals surface area contributed by atoms with E-state index in [1.807, 2.05) is 19.9 Å². The molecule has 8 nitrogen and oxygen atoms in total. The Kier molecular flexibility index (Phi) is 7.88. The lowest BCUT2D eigenvalue weighted by atomic mass is 9.87. The second kappa shape index (κ2) is 11.2. The Morgan fingerprint density at radius 2 is 1.90 bits per heavy atom. The maximum absolute atomic E-state index is 6.54. The standard InChI is InChI=1S/C33H45ClN6O2/c1-20(2)39(14-9-8-10-27-37-24-12-11-22(32(3,4)5)17-25(24)38-27)18-21-16-26(29-28(21)41-33(6,7)42-29)40-15-13-23-30(34)35-19-36-31(23)40/h11-13,15,17,19-21,26,28-29H,8-10,14,16,18H2,1-7H3,(H,37,38)/t21?,26-,28-,29+/m1/s1. The molecule has 0 amide bonds. The topological polar surface area (TPSA) is 81.1 Å². The zero-order valence-corrected chi connectivity index (χ0v) is 26.8. The molecule has 4 heterocycles. The van der Waals surface area contributed by atoms with E-state index in [4.69, 9.17) is 26.1 Å². The van der Waals surface area contributed by atoms with Gasteiger partial charge in [0.1, 0.15) is 29.1 Å². The minimum Gasteiger partial charge on any atom is -0.344 e. The molecule has 0 bridgehead atoms. The summed E-state index contributed by atoms with van der Waals surface area (Å²) < 4.78 is 15.3. The summed E-state index contributed by atoms with van der Waals surface area (Å²) in [6.45, 7) is 17.4. The highest BCUT2D eigenvalue weighted by Crippen LogP contribution is 2.48. The van der Waals surface area contributed by atoms with Gasteiger partial charge in [-0.1, -0.05) is 38.4 Å². The van der Waals surface area contributed by atoms with Crippen LogP contribution in [0.25, 0.3) is 22.1 Å². The van der Waals surface area contributed by atoms with Crippen molar-refractivity contribution in [3.8, 4) is 0 Å². The average Bonchev–Trinajstić information content (AvgIpc) is 3.66. The number of imidazole rings is 1. The molecular formula is C33H45ClN6O2. The third kappa shape index (κ3) is 5.83. The van der Waals surface area contributed by atoms with Gasteiger partial charge in [-0.25, -0.2) is 15.0 Å². The zero-order valence-electron chi connectivity index (χ0n) is 26.0. The third-order valence-corrected chi connectivity index (χ3v) is 9.38. The number of rotatable bonds is 9. The molecule has 1 saturated heterocycles. The summed E-state index contributed by atoms with van der Waals surface area (Å²) >= 11 is 6.38. The van der Waals surface area contributed by atoms with Crippen LogP contribution in [0, 0.1) is 5.92 Å². The Hall–Kier alpha value is -2.52. The minimum atomic E-state index is -0.606. The maximum Gasteiger partial charge on any atom is 0.163 e. The van der Waals surface area contributed by atoms with Crippen molar-refractivity contribution >= 4 is 33.7 Å². The van der Waals surface area contributed by atoms with Crippen LogP contribution in [-0.2, 0) is 21.3 Å². The van der Waals surface area contributed by atoms with Crippen LogP contribution in [-0.4, -0.2) is 66.5 Å². The average molecular weight is 593 g/mol. The van der Waals surface area contributed by atoms with Crippen molar-refractivity contribution in [3.05, 3.63) is 53.3 Å². The number of halogens is 1. The monoisotopic (exact) mass is 592 g/mol. The fourth-order valence-electron chi connectivity index (χ4n) is 6.83. The van der Waals surface area contributed by atoms with Crippen molar-refractivity contribution in [1.82, 2.24) is 29.4 Å². The van der Waals surface area contributed by atoms with Crippen LogP contribution in [0.5, 0.6) is 0 Å². The number of hydrogen-bond donors (Lipinski definition) is 1. The van der Waals surface area contributed by atoms with Gasteiger partial charge in [0, 0.05) is 31.1 Å². The Bertz CT molecular complexity index is 1550. The fraction of sp³-hybridized carbons (Fsp3) is 0.606. The van der Waals surface area contributed by atoms with Gasteiger partial charge in [0.25, 0.3) is 0 Å². The van der Waals surface area contributed by atoms with Crippen LogP contribution in [0.4, 0.5) is 0 Å². The van der Waals surface area contributed by atoms with Gasteiger partial charge in [-0.3, -0.25) is 0 Å². The normalized spacial score (nSPS) is 24.0. The molecule has 1 aliphatic heterocycles. The van der Waals surface area contributed by atoms with Crippen molar-refractivity contribution in [2.75, 3.05) is 13.1 Å². The van der Waals surface area contributed by atoms with Crippen LogP contribution in [0.1, 0.15) is 85.2 Å². The summed E-state index contributed by atoms with van der Waals surface area (Å²) in [4.78, 5) is 19.8. The number of benzene rings is 1. The number of H-pyrrole nitrogens is 1. The van der Waals surface area contributed by atoms with Gasteiger partial charge >= 0.3 is 0 Å². The molecule has 4 atom stereocenters. The molecule has 3 aromatic heterocycles. The molecule has 2 fully saturated rings. The molecule has 1 saturated carbocycles. The molecule has 0 radical (unpaired) electrons. The predicted molar refractivity (Wildman–Crippen MR) is 168 cm³/mol. The number of hydrogen-bond acceptors (Lipinski definition) is 6. The summed E-state index contributed by atoms with van der Waals surface area (Å²) in [6, 6.07) is 9.19. The van der Waals surface area contributed by atoms with E-state index in [-0.39, 0.29) is 23.7 Å². The van der Waals surface area contributed by atoms with Crippen molar-refractivity contribution in [3.63, 3.8) is 0 Å². The Labute approximate surface area is 254 Å². The summed E-state index contributed by atoms with van der Waals surface area (Å²) in [7, 11) is 0. The molecule has 1 unspecified atom stereocenters. The molecule has 6 rings (SSSR count). The molecule has 42 heavy (non-hydrogen) atoms. The molecule has 4 aromatic rings. The number of aryl methyl sites for hydroxylation is 1. The number of nitrogens with zero attached hydrogens (tertiary/aromatic N) is 5. The van der Waals surface area contributed by atoms with Crippen LogP contribution < -0.4 is 0 Å². The molecule has 1 aromatic carbocycles. The summed E-state index contributed by atoms with van der Waals surface area (Å²) in [5.74, 6) is 0.826. The van der Waals surface area contributed by atoms with Gasteiger partial charge in [0.15, 0.2) is 5.79 Å². The highest BCUT2D eigenvalue weighted by molar-refractivity contribution is 6.33. The lowest BCUT2D eigenvalue weighted by molar-refractivity contribution is -0.161. The number of ether oxygens (including phenoxy) is 2. The van der Waals surface area contributed by atoms with Crippen LogP contribution in [0.3, 0.4) is 0 Å². The van der Waals surface area contributed by atoms with E-state index in [1.165, 1.54) is 11.9 Å². The lowest BCUT2D eigenvalue weighted by Gasteiger charge is -2.31. The summed E-state index contributed by atoms with van der Waals surface area (Å²) in [5.41, 5.74) is 4.49. The van der Waals surface area contributed by atoms with E-state index in [9.17, 15) is 0 Å². The minimum absolute atomic E-state index is 0.0322. The second-order valence-electron chi connectivity index (χ2n) is 14.0. The Morgan fingerprint density at radius 3 is 2.67 bits per heavy atom. The first-order valence-electron chi connectivity index (χ1n) is 15.5. The maximum atomic E-state index is 6.54. The highest BCUT2D eigenvalue weighted by atomic mass is 35.5. The first-order valence-corrected chi connectivity index (χ1v) is 15.8. The van der Waals surface area contributed by atoms with Gasteiger partial charge < -0.3 is 23.9 Å². The molecule has 2 aliphatic rings. The van der Waals surface area contributed by atoms with Crippen molar-refractivity contribution in [2.45, 2.75) is 110 Å². The van der Waals surface area contributed by atoms with Gasteiger partial charge in [-0.15, -0.1) is 0 Å². The largest absolute Gasteiger partial charge is 0.344 e. The number of unbranched alkanes of at least 4 members (excludes halogenated alkanes) is 1. The van der Waals surface area contributed by atoms with Gasteiger partial charge in [-0.2, -0.15) is 0 Å². The summed E-state index contributed by atoms with van der Waals surface area (Å²) in [6.07, 6.45) is 7.75. The van der Waals surface area contributed by atoms with Crippen LogP contribution in [0.2, 0.25) is 5.15 Å². The van der Waals surface area contributed by atoms with Crippen LogP contribution in [0.15, 0.2) is 36.8 Å². The van der Waals surface area contributed by atoms with E-state index in [2.05, 4.69) is 83.4 Å². The Balaban J connectivity index is 1.11. The van der Waals surface area contributed by atoms with Crippen molar-refractivity contribution in [2.24, 2.45) is 5.92 Å². The molecular weight excluding hydrogens is 548 g/mol. The van der Waals surface area contributed by atoms with Crippen LogP contribution >= 0.6 is 11.6 Å². The first kappa shape index (κ1) is 29.5. The van der Waals surface area contributed by atoms with E-state index >= 15 is 0 Å². The number of aromatic nitrogens is 5. The highest BCUT2D eigenvalue weighted by Gasteiger charge is 2.55. The Morgan fingerprint density at radius 1 is 1.12 bits per heavy atom. The van der Waals surface area contributed by atoms with E-state index in [0.717, 1.165) is 66.7 Å². The van der Waals surface area contributed by atoms with Crippen molar-refractivity contribution in [1.29, 1.82) is 0 Å². The molecule has 9 heteroatoms. The quantitative estimate of drug-likeness (QED) is 0.165. The molecule has 0 spiro atoms. The van der Waals surface area contributed by atoms with Gasteiger partial charge in [0.05, 0.1) is 28.6 Å². The SMILES string of the molecule is CC(C)N(CCCCc1nc2cc(C(C)(C)C)ccc2[nH]1)CC1C[C@@H](n2ccc3c(Cl)ncnc32)[C@@H]2OC(C)(C)O[C@H]12. The van der Waals surface area contributed by atoms with E-state index < -0.39 is 5.79 Å². The summed E-state index contributed by atoms with van der Waals surface area (Å²) in [5, 5.41) is 1.36. The van der Waals surface area contributed by atoms with Gasteiger partial charge in [-0.05, 0) is 82.7 Å². The van der Waals surface area contributed by atoms with E-state index in [1.54, 1.807) is 0 Å². The fourth-order valence-corrected chi connectivity index (χ4v) is 7.02. The zero-order chi connectivity index (χ0) is 29.8. The van der Waals surface area contributed by atoms with E-state index in [0.29, 0.717) is 17.1 Å².